The quantitative estimate of drug-likeness (QED) is 0.107. The Morgan fingerprint density at radius 1 is 0.562 bits per heavy atom. The summed E-state index contributed by atoms with van der Waals surface area (Å²) in [4.78, 5) is 169. The maximum atomic E-state index is 15.9. The third kappa shape index (κ3) is 21.9. The van der Waals surface area contributed by atoms with Gasteiger partial charge in [0.1, 0.15) is 54.4 Å². The highest BCUT2D eigenvalue weighted by Gasteiger charge is 2.54. The van der Waals surface area contributed by atoms with Gasteiger partial charge in [0.15, 0.2) is 4.87 Å². The third-order valence-electron chi connectivity index (χ3n) is 16.8. The van der Waals surface area contributed by atoms with Crippen LogP contribution in [0.1, 0.15) is 156 Å². The number of rotatable bonds is 18. The van der Waals surface area contributed by atoms with E-state index in [4.69, 9.17) is 5.73 Å². The predicted molar refractivity (Wildman–Crippen MR) is 349 cm³/mol. The van der Waals surface area contributed by atoms with Gasteiger partial charge in [-0.1, -0.05) is 109 Å². The summed E-state index contributed by atoms with van der Waals surface area (Å²) < 4.78 is 0. The average molecular weight is 1280 g/mol. The number of allylic oxidation sites excluding steroid dienone is 2. The molecule has 0 aromatic heterocycles. The van der Waals surface area contributed by atoms with Crippen molar-refractivity contribution in [1.29, 1.82) is 0 Å². The van der Waals surface area contributed by atoms with Crippen molar-refractivity contribution in [3.8, 4) is 0 Å². The van der Waals surface area contributed by atoms with E-state index in [9.17, 15) is 38.7 Å². The van der Waals surface area contributed by atoms with Crippen LogP contribution in [-0.2, 0) is 52.7 Å². The summed E-state index contributed by atoms with van der Waals surface area (Å²) in [6.45, 7) is 29.4. The molecule has 0 unspecified atom stereocenters. The molecule has 89 heavy (non-hydrogen) atoms. The van der Waals surface area contributed by atoms with Gasteiger partial charge in [0, 0.05) is 61.6 Å². The smallest absolute Gasteiger partial charge is 0.259 e. The average Bonchev–Trinajstić information content (AvgIpc) is 0.791. The lowest BCUT2D eigenvalue weighted by Gasteiger charge is -2.48. The summed E-state index contributed by atoms with van der Waals surface area (Å²) in [6.07, 6.45) is 2.87. The third-order valence-corrected chi connectivity index (χ3v) is 18.6. The monoisotopic (exact) mass is 1280 g/mol. The van der Waals surface area contributed by atoms with Gasteiger partial charge < -0.3 is 66.4 Å². The van der Waals surface area contributed by atoms with E-state index in [0.29, 0.717) is 0 Å². The number of aliphatic hydroxyl groups is 1. The minimum atomic E-state index is -1.85. The van der Waals surface area contributed by atoms with Gasteiger partial charge in [0.2, 0.25) is 59.1 Å². The first kappa shape index (κ1) is 81.2. The van der Waals surface area contributed by atoms with E-state index in [0.717, 1.165) is 21.6 Å². The first-order valence-corrected chi connectivity index (χ1v) is 32.8. The highest BCUT2D eigenvalue weighted by Crippen LogP contribution is 2.40. The van der Waals surface area contributed by atoms with E-state index < -0.39 is 155 Å². The van der Waals surface area contributed by atoms with E-state index in [2.05, 4.69) is 21.3 Å². The van der Waals surface area contributed by atoms with Crippen LogP contribution in [0, 0.1) is 41.4 Å². The Morgan fingerprint density at radius 2 is 1.01 bits per heavy atom. The van der Waals surface area contributed by atoms with Crippen molar-refractivity contribution in [3.63, 3.8) is 0 Å². The summed E-state index contributed by atoms with van der Waals surface area (Å²) in [7, 11) is 9.93. The topological polar surface area (TPSA) is 305 Å². The summed E-state index contributed by atoms with van der Waals surface area (Å²) in [6, 6.07) is -11.3. The van der Waals surface area contributed by atoms with Gasteiger partial charge in [-0.3, -0.25) is 52.7 Å². The van der Waals surface area contributed by atoms with Crippen molar-refractivity contribution in [3.05, 3.63) is 12.2 Å². The number of amides is 11. The molecule has 1 aliphatic heterocycles. The molecule has 0 aromatic rings. The van der Waals surface area contributed by atoms with Crippen LogP contribution in [0.25, 0.3) is 0 Å². The second-order valence-electron chi connectivity index (χ2n) is 26.8. The molecule has 0 aromatic carbocycles. The normalized spacial score (nSPS) is 27.1. The number of nitrogens with one attached hydrogen (secondary N) is 4. The van der Waals surface area contributed by atoms with Crippen LogP contribution in [-0.4, -0.2) is 238 Å². The maximum absolute atomic E-state index is 15.9. The van der Waals surface area contributed by atoms with Gasteiger partial charge in [-0.15, -0.1) is 11.8 Å². The van der Waals surface area contributed by atoms with Crippen LogP contribution in [0.15, 0.2) is 12.2 Å². The van der Waals surface area contributed by atoms with E-state index in [1.165, 1.54) is 87.7 Å². The van der Waals surface area contributed by atoms with Gasteiger partial charge >= 0.3 is 0 Å². The summed E-state index contributed by atoms with van der Waals surface area (Å²) in [5.41, 5.74) is 6.16. The molecule has 1 heterocycles. The van der Waals surface area contributed by atoms with Crippen LogP contribution in [0.2, 0.25) is 0 Å². The molecule has 12 atom stereocenters. The van der Waals surface area contributed by atoms with Gasteiger partial charge in [0.25, 0.3) is 5.91 Å². The van der Waals surface area contributed by atoms with E-state index >= 15 is 19.2 Å². The number of likely N-dealkylation sites (N-methyl/N-ethyl adjacent to an activating group) is 7. The first-order valence-electron chi connectivity index (χ1n) is 31.8. The zero-order valence-corrected chi connectivity index (χ0v) is 59.2. The van der Waals surface area contributed by atoms with E-state index in [1.807, 2.05) is 55.4 Å². The second-order valence-corrected chi connectivity index (χ2v) is 28.1. The fourth-order valence-electron chi connectivity index (χ4n) is 11.1. The lowest BCUT2D eigenvalue weighted by atomic mass is 9.91. The van der Waals surface area contributed by atoms with E-state index in [1.54, 1.807) is 60.6 Å². The molecule has 0 spiro atoms. The summed E-state index contributed by atoms with van der Waals surface area (Å²) in [5, 5.41) is 23.3. The number of hydrogen-bond acceptors (Lipinski definition) is 14. The zero-order chi connectivity index (χ0) is 69.0. The van der Waals surface area contributed by atoms with Crippen LogP contribution in [0.5, 0.6) is 0 Å². The molecular weight excluding hydrogens is 1160 g/mol. The number of thioether (sulfide) groups is 1. The van der Waals surface area contributed by atoms with Gasteiger partial charge in [0.05, 0.1) is 12.6 Å². The molecule has 24 nitrogen and oxygen atoms in total. The standard InChI is InChI=1S/C64H116N12O12S/c1-25-27-28-42(15)53(78)52-57(82)68-45(26-2)59(84)70(18)35-50(77)71(19)46(31-36(3)4)56(81)69-51(40(11)12)62(87)72(20)47(32-37(5)6)55(80)66-43(16)54(79)67-44(17)58(83)73(21)48(33-38(7)8)60(85)74(22)49(34-39(9)10)61(86)76(24)64(41(13)14,89-30-29-65)63(88)75(52)23/h25,27,36-49,51-53,78H,26,28-35,65H2,1-24H3,(H,66,80)(H,67,79)(H,68,82)(H,69,81)/b27-25+/t42-,43+,44-,45+,46+,47+,48+,49+,51+,52+,53-,64+/m1/s1. The number of carbonyl (C=O) groups is 11. The van der Waals surface area contributed by atoms with Crippen LogP contribution in [0.4, 0.5) is 0 Å². The Labute approximate surface area is 537 Å². The van der Waals surface area contributed by atoms with Crippen molar-refractivity contribution in [2.45, 2.75) is 222 Å². The molecule has 510 valence electrons. The van der Waals surface area contributed by atoms with E-state index in [-0.39, 0.29) is 74.5 Å². The highest BCUT2D eigenvalue weighted by molar-refractivity contribution is 8.01. The molecule has 0 bridgehead atoms. The van der Waals surface area contributed by atoms with Gasteiger partial charge in [-0.2, -0.15) is 0 Å². The Morgan fingerprint density at radius 3 is 1.47 bits per heavy atom. The molecule has 0 aliphatic carbocycles. The number of nitrogens with two attached hydrogens (primary N) is 1. The summed E-state index contributed by atoms with van der Waals surface area (Å²) >= 11 is 1.07. The molecule has 1 rings (SSSR count). The molecule has 1 fully saturated rings. The fraction of sp³-hybridized carbons (Fsp3) is 0.797. The summed E-state index contributed by atoms with van der Waals surface area (Å²) in [5.74, 6) is -10.0. The Balaban J connectivity index is 4.50. The van der Waals surface area contributed by atoms with Crippen LogP contribution < -0.4 is 27.0 Å². The zero-order valence-electron chi connectivity index (χ0n) is 58.4. The SMILES string of the molecule is C/C=C/C[C@@H](C)[C@@H](O)[C@H]1C(=O)N[C@@H](CC)C(=O)N(C)CC(=O)N(C)[C@@H](CC(C)C)C(=O)N[C@@H](C(C)C)C(=O)N(C)[C@@H](CC(C)C)C(=O)N[C@@H](C)C(=O)N[C@H](C)C(=O)N(C)[C@@H](CC(C)C)C(=O)N(C)[C@@H](CC(C)C)C(=O)N(C)[C@](SCCN)(C(C)C)C(=O)N1C. The molecule has 1 aliphatic rings. The maximum Gasteiger partial charge on any atom is 0.259 e. The highest BCUT2D eigenvalue weighted by atomic mass is 32.2. The Bertz CT molecular complexity index is 2440. The fourth-order valence-corrected chi connectivity index (χ4v) is 12.5. The van der Waals surface area contributed by atoms with Crippen molar-refractivity contribution in [2.75, 3.05) is 68.2 Å². The number of aliphatic hydroxyl groups excluding tert-OH is 1. The predicted octanol–water partition coefficient (Wildman–Crippen LogP) is 3.29. The second kappa shape index (κ2) is 36.9. The first-order chi connectivity index (χ1) is 41.1. The Kier molecular flexibility index (Phi) is 33.6. The minimum absolute atomic E-state index is 0.00270. The molecular formula is C64H116N12O12S. The van der Waals surface area contributed by atoms with Gasteiger partial charge in [-0.25, -0.2) is 0 Å². The van der Waals surface area contributed by atoms with Gasteiger partial charge in [-0.05, 0) is 101 Å². The number of carbonyl (C=O) groups excluding carboxylic acids is 11. The molecule has 11 amide bonds. The van der Waals surface area contributed by atoms with Crippen molar-refractivity contribution < 1.29 is 57.8 Å². The van der Waals surface area contributed by atoms with Crippen LogP contribution in [0.3, 0.4) is 0 Å². The Hall–Kier alpha value is -5.82. The van der Waals surface area contributed by atoms with Crippen molar-refractivity contribution in [2.24, 2.45) is 47.2 Å². The molecule has 1 saturated heterocycles. The lowest BCUT2D eigenvalue weighted by molar-refractivity contribution is -0.159. The molecule has 0 radical (unpaired) electrons. The van der Waals surface area contributed by atoms with Crippen molar-refractivity contribution >= 4 is 76.7 Å². The van der Waals surface area contributed by atoms with Crippen molar-refractivity contribution in [1.82, 2.24) is 55.6 Å². The number of nitrogens with zero attached hydrogens (tertiary/aromatic N) is 7. The number of hydrogen-bond donors (Lipinski definition) is 6. The van der Waals surface area contributed by atoms with Crippen LogP contribution >= 0.6 is 11.8 Å². The largest absolute Gasteiger partial charge is 0.390 e. The molecule has 25 heteroatoms. The minimum Gasteiger partial charge on any atom is -0.390 e. The molecule has 0 saturated carbocycles. The molecule has 7 N–H and O–H groups in total. The lowest BCUT2D eigenvalue weighted by Crippen LogP contribution is -2.68.